The lowest BCUT2D eigenvalue weighted by atomic mass is 10.0. The molecule has 0 spiro atoms. The highest BCUT2D eigenvalue weighted by Crippen LogP contribution is 2.37. The van der Waals surface area contributed by atoms with Gasteiger partial charge in [-0.1, -0.05) is 48.5 Å². The van der Waals surface area contributed by atoms with E-state index in [1.807, 2.05) is 30.4 Å². The summed E-state index contributed by atoms with van der Waals surface area (Å²) in [7, 11) is 0. The van der Waals surface area contributed by atoms with E-state index in [-0.39, 0.29) is 0 Å². The minimum atomic E-state index is 0.683. The van der Waals surface area contributed by atoms with Gasteiger partial charge in [-0.3, -0.25) is 0 Å². The molecule has 0 aliphatic rings. The van der Waals surface area contributed by atoms with Crippen LogP contribution in [-0.2, 0) is 0 Å². The van der Waals surface area contributed by atoms with Crippen LogP contribution in [-0.4, -0.2) is 6.61 Å². The Morgan fingerprint density at radius 3 is 1.59 bits per heavy atom. The van der Waals surface area contributed by atoms with Crippen molar-refractivity contribution >= 4 is 11.3 Å². The zero-order chi connectivity index (χ0) is 18.5. The Morgan fingerprint density at radius 1 is 0.593 bits per heavy atom. The fourth-order valence-corrected chi connectivity index (χ4v) is 4.18. The van der Waals surface area contributed by atoms with E-state index < -0.39 is 0 Å². The van der Waals surface area contributed by atoms with Crippen LogP contribution in [0.15, 0.2) is 97.1 Å². The maximum atomic E-state index is 5.58. The molecule has 132 valence electrons. The molecule has 1 heterocycles. The summed E-state index contributed by atoms with van der Waals surface area (Å²) < 4.78 is 5.58. The molecule has 0 aliphatic carbocycles. The highest BCUT2D eigenvalue weighted by Gasteiger charge is 2.19. The van der Waals surface area contributed by atoms with Crippen LogP contribution in [0.5, 0.6) is 5.75 Å². The second-order valence-electron chi connectivity index (χ2n) is 6.26. The first-order valence-electron chi connectivity index (χ1n) is 9.16. The average Bonchev–Trinajstić information content (AvgIpc) is 2.75. The Hall–Kier alpha value is -2.97. The van der Waals surface area contributed by atoms with Gasteiger partial charge in [-0.05, 0) is 54.4 Å². The van der Waals surface area contributed by atoms with Gasteiger partial charge in [0.2, 0.25) is 21.1 Å². The van der Waals surface area contributed by atoms with Gasteiger partial charge in [-0.2, -0.15) is 0 Å². The van der Waals surface area contributed by atoms with E-state index in [1.165, 1.54) is 32.0 Å². The van der Waals surface area contributed by atoms with Crippen molar-refractivity contribution in [2.75, 3.05) is 6.61 Å². The molecule has 0 bridgehead atoms. The van der Waals surface area contributed by atoms with Gasteiger partial charge in [0.15, 0.2) is 0 Å². The lowest BCUT2D eigenvalue weighted by Crippen LogP contribution is -1.90. The lowest BCUT2D eigenvalue weighted by molar-refractivity contribution is 0.340. The molecule has 0 saturated carbocycles. The van der Waals surface area contributed by atoms with Crippen molar-refractivity contribution in [3.63, 3.8) is 0 Å². The number of rotatable bonds is 5. The monoisotopic (exact) mass is 369 g/mol. The van der Waals surface area contributed by atoms with E-state index in [9.17, 15) is 0 Å². The van der Waals surface area contributed by atoms with Crippen LogP contribution < -0.4 is 4.74 Å². The van der Waals surface area contributed by atoms with Crippen molar-refractivity contribution < 1.29 is 4.74 Å². The highest BCUT2D eigenvalue weighted by molar-refractivity contribution is 7.18. The van der Waals surface area contributed by atoms with E-state index in [4.69, 9.17) is 4.74 Å². The van der Waals surface area contributed by atoms with Gasteiger partial charge in [0.25, 0.3) is 0 Å². The number of ether oxygens (including phenoxy) is 1. The van der Waals surface area contributed by atoms with Gasteiger partial charge < -0.3 is 4.74 Å². The molecule has 1 aromatic heterocycles. The van der Waals surface area contributed by atoms with Crippen LogP contribution in [0.4, 0.5) is 0 Å². The van der Waals surface area contributed by atoms with Crippen molar-refractivity contribution in [3.05, 3.63) is 97.1 Å². The van der Waals surface area contributed by atoms with E-state index in [0.717, 1.165) is 5.75 Å². The van der Waals surface area contributed by atoms with E-state index >= 15 is 0 Å². The van der Waals surface area contributed by atoms with Crippen LogP contribution in [0.3, 0.4) is 0 Å². The number of benzene rings is 3. The summed E-state index contributed by atoms with van der Waals surface area (Å²) in [6, 6.07) is 34.1. The molecular formula is C25H21OS+. The Bertz CT molecular complexity index is 951. The zero-order valence-electron chi connectivity index (χ0n) is 15.3. The second kappa shape index (κ2) is 8.15. The first kappa shape index (κ1) is 17.4. The van der Waals surface area contributed by atoms with Gasteiger partial charge in [0.05, 0.1) is 6.61 Å². The third kappa shape index (κ3) is 4.07. The SMILES string of the molecule is CCOc1ccc(-c2cc(-c3ccccc3)[s+]c(-c3ccccc3)c2)cc1. The number of hydrogen-bond donors (Lipinski definition) is 0. The molecule has 0 unspecified atom stereocenters. The predicted molar refractivity (Wildman–Crippen MR) is 116 cm³/mol. The summed E-state index contributed by atoms with van der Waals surface area (Å²) in [5.74, 6) is 0.909. The van der Waals surface area contributed by atoms with Gasteiger partial charge >= 0.3 is 0 Å². The minimum Gasteiger partial charge on any atom is -0.494 e. The van der Waals surface area contributed by atoms with Crippen LogP contribution in [0, 0.1) is 0 Å². The summed E-state index contributed by atoms with van der Waals surface area (Å²) in [5, 5.41) is 0. The topological polar surface area (TPSA) is 9.23 Å². The molecule has 27 heavy (non-hydrogen) atoms. The summed E-state index contributed by atoms with van der Waals surface area (Å²) in [4.78, 5) is 2.53. The van der Waals surface area contributed by atoms with Gasteiger partial charge in [0.1, 0.15) is 5.75 Å². The van der Waals surface area contributed by atoms with Gasteiger partial charge in [0, 0.05) is 23.3 Å². The lowest BCUT2D eigenvalue weighted by Gasteiger charge is -2.06. The predicted octanol–water partition coefficient (Wildman–Crippen LogP) is 7.43. The number of hydrogen-bond acceptors (Lipinski definition) is 1. The molecule has 0 radical (unpaired) electrons. The summed E-state index contributed by atoms with van der Waals surface area (Å²) >= 11 is 1.82. The highest BCUT2D eigenvalue weighted by atomic mass is 32.1. The molecule has 0 fully saturated rings. The fourth-order valence-electron chi connectivity index (χ4n) is 3.07. The third-order valence-corrected chi connectivity index (χ3v) is 5.56. The Labute approximate surface area is 164 Å². The Morgan fingerprint density at radius 2 is 1.11 bits per heavy atom. The van der Waals surface area contributed by atoms with Crippen LogP contribution in [0.25, 0.3) is 32.0 Å². The Balaban J connectivity index is 1.83. The molecule has 0 N–H and O–H groups in total. The van der Waals surface area contributed by atoms with E-state index in [2.05, 4.69) is 84.9 Å². The van der Waals surface area contributed by atoms with Crippen molar-refractivity contribution in [1.29, 1.82) is 0 Å². The first-order chi connectivity index (χ1) is 13.3. The molecular weight excluding hydrogens is 348 g/mol. The Kier molecular flexibility index (Phi) is 5.27. The third-order valence-electron chi connectivity index (χ3n) is 4.41. The van der Waals surface area contributed by atoms with Crippen LogP contribution in [0.1, 0.15) is 6.92 Å². The van der Waals surface area contributed by atoms with Gasteiger partial charge in [-0.25, -0.2) is 0 Å². The molecule has 4 rings (SSSR count). The van der Waals surface area contributed by atoms with Crippen LogP contribution >= 0.6 is 11.3 Å². The fraction of sp³-hybridized carbons (Fsp3) is 0.0800. The molecule has 0 saturated heterocycles. The van der Waals surface area contributed by atoms with Crippen molar-refractivity contribution in [1.82, 2.24) is 0 Å². The summed E-state index contributed by atoms with van der Waals surface area (Å²) in [5.41, 5.74) is 4.90. The smallest absolute Gasteiger partial charge is 0.239 e. The summed E-state index contributed by atoms with van der Waals surface area (Å²) in [6.07, 6.45) is 0. The van der Waals surface area contributed by atoms with Crippen molar-refractivity contribution in [2.24, 2.45) is 0 Å². The molecule has 3 aromatic carbocycles. The average molecular weight is 370 g/mol. The molecule has 0 atom stereocenters. The molecule has 0 amide bonds. The van der Waals surface area contributed by atoms with Crippen molar-refractivity contribution in [3.8, 4) is 37.8 Å². The standard InChI is InChI=1S/C25H21OS/c1-2-26-23-15-13-19(14-16-23)22-17-24(20-9-5-3-6-10-20)27-25(18-22)21-11-7-4-8-12-21/h3-18H,2H2,1H3/q+1. The van der Waals surface area contributed by atoms with E-state index in [0.29, 0.717) is 6.61 Å². The molecule has 1 nitrogen and oxygen atoms in total. The van der Waals surface area contributed by atoms with E-state index in [1.54, 1.807) is 0 Å². The largest absolute Gasteiger partial charge is 0.494 e. The quantitative estimate of drug-likeness (QED) is 0.332. The van der Waals surface area contributed by atoms with Gasteiger partial charge in [-0.15, -0.1) is 0 Å². The first-order valence-corrected chi connectivity index (χ1v) is 9.97. The molecule has 4 aromatic rings. The minimum absolute atomic E-state index is 0.683. The maximum Gasteiger partial charge on any atom is 0.239 e. The normalized spacial score (nSPS) is 10.6. The summed E-state index contributed by atoms with van der Waals surface area (Å²) in [6.45, 7) is 2.69. The molecule has 2 heteroatoms. The zero-order valence-corrected chi connectivity index (χ0v) is 16.1. The second-order valence-corrected chi connectivity index (χ2v) is 7.35. The van der Waals surface area contributed by atoms with Crippen molar-refractivity contribution in [2.45, 2.75) is 6.92 Å². The van der Waals surface area contributed by atoms with Crippen LogP contribution in [0.2, 0.25) is 0 Å². The maximum absolute atomic E-state index is 5.58. The molecule has 0 aliphatic heterocycles.